The first-order valence-corrected chi connectivity index (χ1v) is 6.08. The van der Waals surface area contributed by atoms with Gasteiger partial charge >= 0.3 is 18.0 Å². The van der Waals surface area contributed by atoms with Crippen molar-refractivity contribution in [2.24, 2.45) is 5.73 Å². The number of carboxylic acid groups (broad SMARTS) is 2. The van der Waals surface area contributed by atoms with Crippen LogP contribution in [-0.2, 0) is 19.1 Å². The fourth-order valence-electron chi connectivity index (χ4n) is 0.972. The highest BCUT2D eigenvalue weighted by atomic mass is 32.1. The van der Waals surface area contributed by atoms with Crippen molar-refractivity contribution in [3.05, 3.63) is 12.3 Å². The molecule has 0 aliphatic carbocycles. The monoisotopic (exact) mass is 321 g/mol. The molecule has 0 spiro atoms. The first-order valence-electron chi connectivity index (χ1n) is 5.45. The maximum Gasteiger partial charge on any atom is 0.413 e. The van der Waals surface area contributed by atoms with E-state index in [0.717, 1.165) is 0 Å². The number of nitrogens with one attached hydrogen (secondary N) is 2. The van der Waals surface area contributed by atoms with Crippen LogP contribution in [0.5, 0.6) is 0 Å². The Hall–Kier alpha value is -2.27. The van der Waals surface area contributed by atoms with Crippen LogP contribution >= 0.6 is 12.6 Å². The van der Waals surface area contributed by atoms with Crippen molar-refractivity contribution < 1.29 is 34.1 Å². The molecule has 0 saturated heterocycles. The molecule has 0 rings (SSSR count). The number of nitrogens with two attached hydrogens (primary N) is 1. The van der Waals surface area contributed by atoms with Gasteiger partial charge in [-0.15, -0.1) is 0 Å². The number of ether oxygens (including phenoxy) is 1. The molecule has 11 heteroatoms. The molecule has 0 aliphatic rings. The summed E-state index contributed by atoms with van der Waals surface area (Å²) in [5, 5.41) is 21.1. The first-order chi connectivity index (χ1) is 9.68. The summed E-state index contributed by atoms with van der Waals surface area (Å²) < 4.78 is 4.50. The predicted molar refractivity (Wildman–Crippen MR) is 72.7 cm³/mol. The molecule has 2 atom stereocenters. The number of hydrogen-bond acceptors (Lipinski definition) is 7. The Morgan fingerprint density at radius 2 is 1.86 bits per heavy atom. The highest BCUT2D eigenvalue weighted by molar-refractivity contribution is 7.80. The molecule has 0 heterocycles. The van der Waals surface area contributed by atoms with Gasteiger partial charge in [0.1, 0.15) is 18.3 Å². The van der Waals surface area contributed by atoms with Gasteiger partial charge in [-0.3, -0.25) is 14.4 Å². The zero-order valence-electron chi connectivity index (χ0n) is 10.7. The number of alkyl carbamates (subject to hydrolysis) is 1. The summed E-state index contributed by atoms with van der Waals surface area (Å²) in [6, 6.07) is -2.78. The molecule has 2 amide bonds. The van der Waals surface area contributed by atoms with Crippen molar-refractivity contribution in [2.45, 2.75) is 12.1 Å². The van der Waals surface area contributed by atoms with E-state index in [1.807, 2.05) is 5.32 Å². The van der Waals surface area contributed by atoms with E-state index < -0.39 is 48.3 Å². The summed E-state index contributed by atoms with van der Waals surface area (Å²) in [6.45, 7) is 2.54. The molecular weight excluding hydrogens is 306 g/mol. The Bertz CT molecular complexity index is 454. The molecule has 0 saturated carbocycles. The average molecular weight is 321 g/mol. The largest absolute Gasteiger partial charge is 0.480 e. The lowest BCUT2D eigenvalue weighted by molar-refractivity contribution is -0.138. The molecule has 21 heavy (non-hydrogen) atoms. The summed E-state index contributed by atoms with van der Waals surface area (Å²) >= 11 is 3.82. The lowest BCUT2D eigenvalue weighted by Crippen LogP contribution is -2.49. The van der Waals surface area contributed by atoms with Crippen LogP contribution in [0, 0.1) is 0 Å². The smallest absolute Gasteiger partial charge is 0.413 e. The quantitative estimate of drug-likeness (QED) is 0.223. The molecule has 0 bridgehead atoms. The maximum atomic E-state index is 11.5. The van der Waals surface area contributed by atoms with E-state index >= 15 is 0 Å². The normalized spacial score (nSPS) is 12.7. The fraction of sp³-hybridized carbons (Fsp3) is 0.400. The second kappa shape index (κ2) is 8.81. The third kappa shape index (κ3) is 7.17. The molecule has 6 N–H and O–H groups in total. The van der Waals surface area contributed by atoms with Gasteiger partial charge in [-0.2, -0.15) is 12.6 Å². The molecule has 0 fully saturated rings. The van der Waals surface area contributed by atoms with Gasteiger partial charge in [0.15, 0.2) is 6.04 Å². The van der Waals surface area contributed by atoms with Crippen LogP contribution in [0.25, 0.3) is 0 Å². The first kappa shape index (κ1) is 18.7. The molecule has 0 aliphatic heterocycles. The minimum Gasteiger partial charge on any atom is -0.480 e. The summed E-state index contributed by atoms with van der Waals surface area (Å²) in [5.41, 5.74) is 5.15. The van der Waals surface area contributed by atoms with E-state index in [1.54, 1.807) is 0 Å². The zero-order valence-corrected chi connectivity index (χ0v) is 11.6. The molecular formula is C10H15N3O7S. The number of thiol groups is 1. The van der Waals surface area contributed by atoms with Crippen molar-refractivity contribution in [2.75, 3.05) is 12.3 Å². The summed E-state index contributed by atoms with van der Waals surface area (Å²) in [5.74, 6) is -4.17. The van der Waals surface area contributed by atoms with Gasteiger partial charge in [0.25, 0.3) is 0 Å². The summed E-state index contributed by atoms with van der Waals surface area (Å²) in [6.07, 6.45) is -1.17. The Labute approximate surface area is 124 Å². The topological polar surface area (TPSA) is 168 Å². The minimum atomic E-state index is -1.61. The number of amides is 2. The van der Waals surface area contributed by atoms with Gasteiger partial charge in [-0.25, -0.2) is 4.79 Å². The summed E-state index contributed by atoms with van der Waals surface area (Å²) in [7, 11) is 0. The number of carboxylic acids is 2. The Morgan fingerprint density at radius 1 is 1.29 bits per heavy atom. The standard InChI is InChI=1S/C10H15N3O7S/c1-4(7(11)9(17)18)20-10(19)13-5(3-21)8(16)12-2-6(14)15/h5,7,21H,1-3,11H2,(H,12,16)(H,13,19)(H,14,15)(H,17,18)/t5-,7-/m0/s1. The molecule has 0 radical (unpaired) electrons. The number of rotatable bonds is 8. The number of aliphatic carboxylic acids is 2. The molecule has 0 unspecified atom stereocenters. The van der Waals surface area contributed by atoms with Gasteiger partial charge in [-0.1, -0.05) is 6.58 Å². The molecule has 10 nitrogen and oxygen atoms in total. The molecule has 0 aromatic heterocycles. The van der Waals surface area contributed by atoms with E-state index in [4.69, 9.17) is 15.9 Å². The second-order valence-electron chi connectivity index (χ2n) is 3.66. The van der Waals surface area contributed by atoms with Crippen LogP contribution in [-0.4, -0.2) is 58.5 Å². The highest BCUT2D eigenvalue weighted by Crippen LogP contribution is 2.01. The Kier molecular flexibility index (Phi) is 7.86. The van der Waals surface area contributed by atoms with E-state index in [0.29, 0.717) is 0 Å². The molecule has 118 valence electrons. The predicted octanol–water partition coefficient (Wildman–Crippen LogP) is -1.86. The van der Waals surface area contributed by atoms with Crippen LogP contribution in [0.3, 0.4) is 0 Å². The number of carbonyl (C=O) groups is 4. The van der Waals surface area contributed by atoms with E-state index in [2.05, 4.69) is 29.3 Å². The SMILES string of the molecule is C=C(OC(=O)N[C@@H](CS)C(=O)NCC(=O)O)[C@H](N)C(=O)O. The Balaban J connectivity index is 4.45. The molecule has 0 aromatic carbocycles. The van der Waals surface area contributed by atoms with Crippen LogP contribution < -0.4 is 16.4 Å². The van der Waals surface area contributed by atoms with Crippen molar-refractivity contribution in [1.82, 2.24) is 10.6 Å². The number of hydrogen-bond donors (Lipinski definition) is 6. The second-order valence-corrected chi connectivity index (χ2v) is 4.03. The number of carbonyl (C=O) groups excluding carboxylic acids is 2. The minimum absolute atomic E-state index is 0.141. The van der Waals surface area contributed by atoms with Gasteiger partial charge in [0.05, 0.1) is 0 Å². The van der Waals surface area contributed by atoms with Crippen LogP contribution in [0.1, 0.15) is 0 Å². The van der Waals surface area contributed by atoms with Gasteiger partial charge in [0, 0.05) is 5.75 Å². The highest BCUT2D eigenvalue weighted by Gasteiger charge is 2.23. The van der Waals surface area contributed by atoms with Crippen LogP contribution in [0.2, 0.25) is 0 Å². The fourth-order valence-corrected chi connectivity index (χ4v) is 1.23. The third-order valence-corrected chi connectivity index (χ3v) is 2.41. The lowest BCUT2D eigenvalue weighted by Gasteiger charge is -2.17. The zero-order chi connectivity index (χ0) is 16.6. The van der Waals surface area contributed by atoms with Crippen molar-refractivity contribution in [3.8, 4) is 0 Å². The van der Waals surface area contributed by atoms with Gasteiger partial charge < -0.3 is 31.3 Å². The van der Waals surface area contributed by atoms with Gasteiger partial charge in [-0.05, 0) is 0 Å². The van der Waals surface area contributed by atoms with E-state index in [9.17, 15) is 19.2 Å². The van der Waals surface area contributed by atoms with Gasteiger partial charge in [0.2, 0.25) is 5.91 Å². The van der Waals surface area contributed by atoms with E-state index in [-0.39, 0.29) is 5.75 Å². The van der Waals surface area contributed by atoms with Crippen LogP contribution in [0.4, 0.5) is 4.79 Å². The Morgan fingerprint density at radius 3 is 2.29 bits per heavy atom. The summed E-state index contributed by atoms with van der Waals surface area (Å²) in [4.78, 5) is 43.7. The van der Waals surface area contributed by atoms with Crippen LogP contribution in [0.15, 0.2) is 12.3 Å². The average Bonchev–Trinajstić information content (AvgIpc) is 2.40. The van der Waals surface area contributed by atoms with Crippen molar-refractivity contribution in [3.63, 3.8) is 0 Å². The third-order valence-electron chi connectivity index (χ3n) is 2.04. The van der Waals surface area contributed by atoms with E-state index in [1.165, 1.54) is 0 Å². The lowest BCUT2D eigenvalue weighted by atomic mass is 10.3. The van der Waals surface area contributed by atoms with Crippen molar-refractivity contribution >= 4 is 36.6 Å². The maximum absolute atomic E-state index is 11.5. The van der Waals surface area contributed by atoms with Crippen molar-refractivity contribution in [1.29, 1.82) is 0 Å². The molecule has 0 aromatic rings.